The Morgan fingerprint density at radius 1 is 1.46 bits per heavy atom. The molecule has 0 radical (unpaired) electrons. The van der Waals surface area contributed by atoms with Crippen molar-refractivity contribution in [2.24, 2.45) is 5.92 Å². The minimum Gasteiger partial charge on any atom is -0.377 e. The zero-order valence-electron chi connectivity index (χ0n) is 9.26. The molecule has 2 heteroatoms. The fourth-order valence-corrected chi connectivity index (χ4v) is 1.06. The first-order chi connectivity index (χ1) is 6.02. The molecule has 0 saturated carbocycles. The van der Waals surface area contributed by atoms with E-state index in [9.17, 15) is 4.79 Å². The van der Waals surface area contributed by atoms with Gasteiger partial charge in [0.25, 0.3) is 0 Å². The van der Waals surface area contributed by atoms with E-state index in [1.54, 1.807) is 14.0 Å². The van der Waals surface area contributed by atoms with Gasteiger partial charge in [0.15, 0.2) is 5.78 Å². The van der Waals surface area contributed by atoms with E-state index in [0.717, 1.165) is 12.0 Å². The number of methoxy groups -OCH3 is 1. The second-order valence-corrected chi connectivity index (χ2v) is 3.49. The van der Waals surface area contributed by atoms with E-state index in [4.69, 9.17) is 4.74 Å². The van der Waals surface area contributed by atoms with Gasteiger partial charge in [-0.25, -0.2) is 0 Å². The van der Waals surface area contributed by atoms with Crippen molar-refractivity contribution >= 4 is 5.78 Å². The number of carbonyl (C=O) groups excluding carboxylic acids is 1. The average Bonchev–Trinajstić information content (AvgIpc) is 2.12. The molecule has 0 aromatic heterocycles. The molecule has 2 nitrogen and oxygen atoms in total. The van der Waals surface area contributed by atoms with Gasteiger partial charge >= 0.3 is 0 Å². The summed E-state index contributed by atoms with van der Waals surface area (Å²) in [6.45, 7) is 7.65. The average molecular weight is 184 g/mol. The van der Waals surface area contributed by atoms with Gasteiger partial charge in [0.2, 0.25) is 0 Å². The lowest BCUT2D eigenvalue weighted by Gasteiger charge is -2.18. The number of hydrogen-bond donors (Lipinski definition) is 0. The molecule has 0 fully saturated rings. The molecule has 76 valence electrons. The Bertz CT molecular complexity index is 194. The lowest BCUT2D eigenvalue weighted by Crippen LogP contribution is -2.18. The van der Waals surface area contributed by atoms with E-state index < -0.39 is 0 Å². The van der Waals surface area contributed by atoms with Crippen LogP contribution in [0, 0.1) is 5.92 Å². The monoisotopic (exact) mass is 184 g/mol. The predicted octanol–water partition coefficient (Wildman–Crippen LogP) is 2.58. The molecular weight excluding hydrogens is 164 g/mol. The van der Waals surface area contributed by atoms with Gasteiger partial charge in [-0.15, -0.1) is 0 Å². The van der Waals surface area contributed by atoms with Crippen molar-refractivity contribution in [3.05, 3.63) is 11.6 Å². The van der Waals surface area contributed by atoms with Crippen LogP contribution < -0.4 is 0 Å². The van der Waals surface area contributed by atoms with Crippen LogP contribution in [0.5, 0.6) is 0 Å². The number of carbonyl (C=O) groups is 1. The largest absolute Gasteiger partial charge is 0.377 e. The Labute approximate surface area is 81.0 Å². The number of hydrogen-bond acceptors (Lipinski definition) is 2. The number of rotatable bonds is 5. The van der Waals surface area contributed by atoms with Crippen LogP contribution in [0.15, 0.2) is 11.6 Å². The summed E-state index contributed by atoms with van der Waals surface area (Å²) in [5, 5.41) is 0. The molecule has 0 amide bonds. The van der Waals surface area contributed by atoms with Crippen molar-refractivity contribution < 1.29 is 9.53 Å². The van der Waals surface area contributed by atoms with Gasteiger partial charge in [-0.05, 0) is 31.4 Å². The van der Waals surface area contributed by atoms with Gasteiger partial charge in [0.05, 0.1) is 6.10 Å². The van der Waals surface area contributed by atoms with Crippen LogP contribution in [0.25, 0.3) is 0 Å². The van der Waals surface area contributed by atoms with Crippen molar-refractivity contribution in [2.45, 2.75) is 40.2 Å². The Kier molecular flexibility index (Phi) is 5.63. The molecule has 0 rings (SSSR count). The fraction of sp³-hybridized carbons (Fsp3) is 0.727. The second kappa shape index (κ2) is 5.92. The standard InChI is InChI=1S/C11H20O2/c1-6-8(2)11(13-5)7-9(3)10(4)12/h7-8,11H,6H2,1-5H3/b9-7+. The minimum atomic E-state index is 0.0638. The minimum absolute atomic E-state index is 0.0638. The number of Topliss-reactive ketones (excluding diaryl/α,β-unsaturated/α-hetero) is 1. The van der Waals surface area contributed by atoms with E-state index >= 15 is 0 Å². The Morgan fingerprint density at radius 3 is 2.31 bits per heavy atom. The van der Waals surface area contributed by atoms with Crippen LogP contribution in [0.2, 0.25) is 0 Å². The van der Waals surface area contributed by atoms with E-state index in [-0.39, 0.29) is 11.9 Å². The summed E-state index contributed by atoms with van der Waals surface area (Å²) in [6.07, 6.45) is 3.03. The molecule has 2 atom stereocenters. The van der Waals surface area contributed by atoms with Crippen LogP contribution in [-0.2, 0) is 9.53 Å². The summed E-state index contributed by atoms with van der Waals surface area (Å²) in [5.41, 5.74) is 0.784. The molecule has 0 heterocycles. The third kappa shape index (κ3) is 4.23. The molecule has 0 bridgehead atoms. The Morgan fingerprint density at radius 2 is 2.00 bits per heavy atom. The zero-order chi connectivity index (χ0) is 10.4. The fourth-order valence-electron chi connectivity index (χ4n) is 1.06. The van der Waals surface area contributed by atoms with Crippen molar-refractivity contribution in [2.75, 3.05) is 7.11 Å². The van der Waals surface area contributed by atoms with E-state index in [0.29, 0.717) is 5.92 Å². The van der Waals surface area contributed by atoms with Crippen LogP contribution >= 0.6 is 0 Å². The summed E-state index contributed by atoms with van der Waals surface area (Å²) >= 11 is 0. The number of ketones is 1. The van der Waals surface area contributed by atoms with Crippen LogP contribution in [0.1, 0.15) is 34.1 Å². The van der Waals surface area contributed by atoms with Crippen molar-refractivity contribution in [1.82, 2.24) is 0 Å². The molecule has 0 N–H and O–H groups in total. The molecule has 0 spiro atoms. The van der Waals surface area contributed by atoms with Gasteiger partial charge in [0, 0.05) is 7.11 Å². The van der Waals surface area contributed by atoms with E-state index in [1.807, 2.05) is 13.0 Å². The molecule has 0 aliphatic carbocycles. The quantitative estimate of drug-likeness (QED) is 0.614. The van der Waals surface area contributed by atoms with Crippen LogP contribution in [0.4, 0.5) is 0 Å². The number of allylic oxidation sites excluding steroid dienone is 1. The third-order valence-electron chi connectivity index (χ3n) is 2.45. The lowest BCUT2D eigenvalue weighted by molar-refractivity contribution is -0.113. The van der Waals surface area contributed by atoms with E-state index in [1.165, 1.54) is 0 Å². The summed E-state index contributed by atoms with van der Waals surface area (Å²) < 4.78 is 5.30. The highest BCUT2D eigenvalue weighted by atomic mass is 16.5. The van der Waals surface area contributed by atoms with Gasteiger partial charge in [0.1, 0.15) is 0 Å². The highest BCUT2D eigenvalue weighted by Crippen LogP contribution is 2.13. The third-order valence-corrected chi connectivity index (χ3v) is 2.45. The number of ether oxygens (including phenoxy) is 1. The zero-order valence-corrected chi connectivity index (χ0v) is 9.26. The summed E-state index contributed by atoms with van der Waals surface area (Å²) in [4.78, 5) is 11.0. The van der Waals surface area contributed by atoms with Gasteiger partial charge in [-0.2, -0.15) is 0 Å². The molecule has 13 heavy (non-hydrogen) atoms. The second-order valence-electron chi connectivity index (χ2n) is 3.49. The Hall–Kier alpha value is -0.630. The highest BCUT2D eigenvalue weighted by molar-refractivity contribution is 5.92. The van der Waals surface area contributed by atoms with Crippen LogP contribution in [0.3, 0.4) is 0 Å². The van der Waals surface area contributed by atoms with E-state index in [2.05, 4.69) is 13.8 Å². The maximum atomic E-state index is 11.0. The molecule has 0 aliphatic heterocycles. The van der Waals surface area contributed by atoms with Crippen molar-refractivity contribution in [1.29, 1.82) is 0 Å². The molecule has 0 aromatic rings. The molecular formula is C11H20O2. The Balaban J connectivity index is 4.43. The highest BCUT2D eigenvalue weighted by Gasteiger charge is 2.12. The first-order valence-electron chi connectivity index (χ1n) is 4.75. The maximum absolute atomic E-state index is 11.0. The van der Waals surface area contributed by atoms with Gasteiger partial charge in [-0.1, -0.05) is 20.3 Å². The molecule has 0 aromatic carbocycles. The smallest absolute Gasteiger partial charge is 0.155 e. The molecule has 0 saturated heterocycles. The van der Waals surface area contributed by atoms with Gasteiger partial charge < -0.3 is 4.74 Å². The van der Waals surface area contributed by atoms with Crippen molar-refractivity contribution in [3.8, 4) is 0 Å². The molecule has 0 aliphatic rings. The first-order valence-corrected chi connectivity index (χ1v) is 4.75. The molecule has 2 unspecified atom stereocenters. The van der Waals surface area contributed by atoms with Crippen molar-refractivity contribution in [3.63, 3.8) is 0 Å². The summed E-state index contributed by atoms with van der Waals surface area (Å²) in [5.74, 6) is 0.574. The lowest BCUT2D eigenvalue weighted by atomic mass is 9.99. The normalized spacial score (nSPS) is 16.8. The summed E-state index contributed by atoms with van der Waals surface area (Å²) in [7, 11) is 1.68. The topological polar surface area (TPSA) is 26.3 Å². The van der Waals surface area contributed by atoms with Gasteiger partial charge in [-0.3, -0.25) is 4.79 Å². The first kappa shape index (κ1) is 12.4. The van der Waals surface area contributed by atoms with Crippen LogP contribution in [-0.4, -0.2) is 19.0 Å². The summed E-state index contributed by atoms with van der Waals surface area (Å²) in [6, 6.07) is 0. The predicted molar refractivity (Wildman–Crippen MR) is 54.7 cm³/mol. The maximum Gasteiger partial charge on any atom is 0.155 e. The SMILES string of the molecule is CCC(C)C(/C=C(\C)C(C)=O)OC.